The van der Waals surface area contributed by atoms with E-state index in [9.17, 15) is 9.90 Å². The first kappa shape index (κ1) is 19.5. The molecule has 0 radical (unpaired) electrons. The number of nitrogens with zero attached hydrogens (tertiary/aromatic N) is 2. The van der Waals surface area contributed by atoms with E-state index in [0.29, 0.717) is 5.71 Å². The van der Waals surface area contributed by atoms with Crippen LogP contribution in [0.2, 0.25) is 0 Å². The maximum Gasteiger partial charge on any atom is 0.344 e. The molecule has 0 aromatic heterocycles. The van der Waals surface area contributed by atoms with E-state index in [0.717, 1.165) is 16.7 Å². The summed E-state index contributed by atoms with van der Waals surface area (Å²) in [7, 11) is 1.66. The number of amides is 2. The van der Waals surface area contributed by atoms with Gasteiger partial charge in [0.15, 0.2) is 0 Å². The van der Waals surface area contributed by atoms with Crippen molar-refractivity contribution in [3.63, 3.8) is 0 Å². The molecule has 4 heteroatoms. The van der Waals surface area contributed by atoms with E-state index < -0.39 is 18.2 Å². The van der Waals surface area contributed by atoms with E-state index in [1.165, 1.54) is 4.90 Å². The largest absolute Gasteiger partial charge is 0.386 e. The zero-order chi connectivity index (χ0) is 19.9. The molecule has 3 aromatic rings. The summed E-state index contributed by atoms with van der Waals surface area (Å²) >= 11 is 0. The number of rotatable bonds is 5. The number of aliphatic hydroxyl groups excluding tert-OH is 1. The van der Waals surface area contributed by atoms with Gasteiger partial charge in [-0.1, -0.05) is 91.0 Å². The Labute approximate surface area is 165 Å². The Hall–Kier alpha value is -3.24. The normalized spacial score (nSPS) is 12.7. The van der Waals surface area contributed by atoms with Gasteiger partial charge < -0.3 is 10.0 Å². The van der Waals surface area contributed by atoms with Gasteiger partial charge in [0.1, 0.15) is 0 Å². The Kier molecular flexibility index (Phi) is 6.35. The molecule has 0 fully saturated rings. The van der Waals surface area contributed by atoms with Crippen molar-refractivity contribution in [2.45, 2.75) is 19.1 Å². The summed E-state index contributed by atoms with van der Waals surface area (Å²) in [5.41, 5.74) is 3.11. The molecule has 0 heterocycles. The SMILES string of the molecule is C[C@@H]([C@@H](O)c1ccccc1)N(C)C(=O)N=C(c1ccccc1)c1ccccc1. The maximum atomic E-state index is 12.9. The summed E-state index contributed by atoms with van der Waals surface area (Å²) in [4.78, 5) is 18.8. The van der Waals surface area contributed by atoms with Crippen molar-refractivity contribution >= 4 is 11.7 Å². The minimum absolute atomic E-state index is 0.398. The van der Waals surface area contributed by atoms with Gasteiger partial charge in [0.2, 0.25) is 0 Å². The molecule has 1 N–H and O–H groups in total. The van der Waals surface area contributed by atoms with Gasteiger partial charge in [-0.25, -0.2) is 4.79 Å². The first-order valence-corrected chi connectivity index (χ1v) is 9.27. The Morgan fingerprint density at radius 2 is 1.25 bits per heavy atom. The number of benzene rings is 3. The number of carbonyl (C=O) groups is 1. The fraction of sp³-hybridized carbons (Fsp3) is 0.167. The van der Waals surface area contributed by atoms with Crippen molar-refractivity contribution < 1.29 is 9.90 Å². The zero-order valence-electron chi connectivity index (χ0n) is 16.1. The summed E-state index contributed by atoms with van der Waals surface area (Å²) in [6.07, 6.45) is -0.790. The second kappa shape index (κ2) is 9.11. The summed E-state index contributed by atoms with van der Waals surface area (Å²) in [6.45, 7) is 1.82. The van der Waals surface area contributed by atoms with Gasteiger partial charge in [0.05, 0.1) is 17.9 Å². The molecule has 142 valence electrons. The van der Waals surface area contributed by atoms with Crippen LogP contribution in [0.25, 0.3) is 0 Å². The van der Waals surface area contributed by atoms with Crippen molar-refractivity contribution in [3.05, 3.63) is 108 Å². The Balaban J connectivity index is 1.88. The van der Waals surface area contributed by atoms with Crippen LogP contribution in [-0.4, -0.2) is 34.8 Å². The number of aliphatic hydroxyl groups is 1. The van der Waals surface area contributed by atoms with Crippen LogP contribution in [0.4, 0.5) is 4.79 Å². The monoisotopic (exact) mass is 372 g/mol. The Bertz CT molecular complexity index is 883. The molecule has 2 atom stereocenters. The van der Waals surface area contributed by atoms with Crippen LogP contribution in [0, 0.1) is 0 Å². The summed E-state index contributed by atoms with van der Waals surface area (Å²) in [5.74, 6) is 0. The lowest BCUT2D eigenvalue weighted by Crippen LogP contribution is -2.38. The standard InChI is InChI=1S/C24H24N2O2/c1-18(23(27)21-16-10-5-11-17-21)26(2)24(28)25-22(19-12-6-3-7-13-19)20-14-8-4-9-15-20/h3-18,23,27H,1-2H3/t18-,23+/m0/s1. The van der Waals surface area contributed by atoms with E-state index in [2.05, 4.69) is 4.99 Å². The highest BCUT2D eigenvalue weighted by Gasteiger charge is 2.24. The summed E-state index contributed by atoms with van der Waals surface area (Å²) in [6, 6.07) is 27.8. The average molecular weight is 372 g/mol. The number of hydrogen-bond acceptors (Lipinski definition) is 2. The van der Waals surface area contributed by atoms with Crippen molar-refractivity contribution in [2.75, 3.05) is 7.05 Å². The first-order valence-electron chi connectivity index (χ1n) is 9.27. The zero-order valence-corrected chi connectivity index (χ0v) is 16.1. The first-order chi connectivity index (χ1) is 13.6. The molecule has 0 unspecified atom stereocenters. The lowest BCUT2D eigenvalue weighted by atomic mass is 10.0. The third-order valence-corrected chi connectivity index (χ3v) is 4.81. The molecule has 0 aliphatic rings. The lowest BCUT2D eigenvalue weighted by molar-refractivity contribution is 0.0883. The van der Waals surface area contributed by atoms with E-state index in [-0.39, 0.29) is 0 Å². The highest BCUT2D eigenvalue weighted by molar-refractivity contribution is 6.16. The van der Waals surface area contributed by atoms with Crippen LogP contribution in [-0.2, 0) is 0 Å². The minimum atomic E-state index is -0.790. The fourth-order valence-corrected chi connectivity index (χ4v) is 2.98. The van der Waals surface area contributed by atoms with Crippen LogP contribution in [0.15, 0.2) is 96.0 Å². The van der Waals surface area contributed by atoms with Crippen molar-refractivity contribution in [1.82, 2.24) is 4.90 Å². The topological polar surface area (TPSA) is 52.9 Å². The number of carbonyl (C=O) groups excluding carboxylic acids is 1. The third-order valence-electron chi connectivity index (χ3n) is 4.81. The predicted octanol–water partition coefficient (Wildman–Crippen LogP) is 4.70. The number of hydrogen-bond donors (Lipinski definition) is 1. The molecule has 28 heavy (non-hydrogen) atoms. The smallest absolute Gasteiger partial charge is 0.344 e. The molecule has 0 spiro atoms. The van der Waals surface area contributed by atoms with Crippen LogP contribution in [0.3, 0.4) is 0 Å². The van der Waals surface area contributed by atoms with Crippen LogP contribution >= 0.6 is 0 Å². The third kappa shape index (κ3) is 4.53. The Morgan fingerprint density at radius 3 is 1.71 bits per heavy atom. The molecular weight excluding hydrogens is 348 g/mol. The molecule has 0 aliphatic heterocycles. The van der Waals surface area contributed by atoms with Crippen molar-refractivity contribution in [2.24, 2.45) is 4.99 Å². The second-order valence-electron chi connectivity index (χ2n) is 6.68. The van der Waals surface area contributed by atoms with Crippen LogP contribution in [0.5, 0.6) is 0 Å². The molecule has 0 saturated carbocycles. The van der Waals surface area contributed by atoms with Crippen molar-refractivity contribution in [1.29, 1.82) is 0 Å². The molecule has 0 bridgehead atoms. The molecule has 0 aliphatic carbocycles. The van der Waals surface area contributed by atoms with Gasteiger partial charge in [-0.05, 0) is 12.5 Å². The average Bonchev–Trinajstić information content (AvgIpc) is 2.77. The molecule has 2 amide bonds. The van der Waals surface area contributed by atoms with E-state index in [4.69, 9.17) is 0 Å². The molecular formula is C24H24N2O2. The van der Waals surface area contributed by atoms with Gasteiger partial charge in [-0.15, -0.1) is 0 Å². The molecule has 0 saturated heterocycles. The lowest BCUT2D eigenvalue weighted by Gasteiger charge is -2.28. The van der Waals surface area contributed by atoms with Gasteiger partial charge in [-0.3, -0.25) is 0 Å². The van der Waals surface area contributed by atoms with Gasteiger partial charge in [-0.2, -0.15) is 4.99 Å². The van der Waals surface area contributed by atoms with Crippen LogP contribution in [0.1, 0.15) is 29.7 Å². The Morgan fingerprint density at radius 1 is 0.821 bits per heavy atom. The highest BCUT2D eigenvalue weighted by Crippen LogP contribution is 2.21. The second-order valence-corrected chi connectivity index (χ2v) is 6.68. The van der Waals surface area contributed by atoms with Gasteiger partial charge in [0.25, 0.3) is 0 Å². The summed E-state index contributed by atoms with van der Waals surface area (Å²) < 4.78 is 0. The van der Waals surface area contributed by atoms with E-state index in [1.807, 2.05) is 97.9 Å². The van der Waals surface area contributed by atoms with E-state index in [1.54, 1.807) is 7.05 Å². The van der Waals surface area contributed by atoms with Gasteiger partial charge in [0, 0.05) is 18.2 Å². The quantitative estimate of drug-likeness (QED) is 0.660. The van der Waals surface area contributed by atoms with Crippen LogP contribution < -0.4 is 0 Å². The van der Waals surface area contributed by atoms with E-state index >= 15 is 0 Å². The summed E-state index contributed by atoms with van der Waals surface area (Å²) in [5, 5.41) is 10.6. The number of aliphatic imine (C=N–C) groups is 1. The maximum absolute atomic E-state index is 12.9. The fourth-order valence-electron chi connectivity index (χ4n) is 2.98. The number of urea groups is 1. The molecule has 4 nitrogen and oxygen atoms in total. The minimum Gasteiger partial charge on any atom is -0.386 e. The highest BCUT2D eigenvalue weighted by atomic mass is 16.3. The van der Waals surface area contributed by atoms with Gasteiger partial charge >= 0.3 is 6.03 Å². The predicted molar refractivity (Wildman–Crippen MR) is 113 cm³/mol. The number of likely N-dealkylation sites (N-methyl/N-ethyl adjacent to an activating group) is 1. The molecule has 3 rings (SSSR count). The van der Waals surface area contributed by atoms with Crippen molar-refractivity contribution in [3.8, 4) is 0 Å². The molecule has 3 aromatic carbocycles.